The molecule has 0 spiro atoms. The Morgan fingerprint density at radius 1 is 1.17 bits per heavy atom. The van der Waals surface area contributed by atoms with Gasteiger partial charge >= 0.3 is 0 Å². The Balaban J connectivity index is 1.85. The van der Waals surface area contributed by atoms with Gasteiger partial charge in [0.15, 0.2) is 0 Å². The Labute approximate surface area is 143 Å². The van der Waals surface area contributed by atoms with Crippen LogP contribution in [0.5, 0.6) is 0 Å². The van der Waals surface area contributed by atoms with E-state index in [1.807, 2.05) is 37.3 Å². The minimum Gasteiger partial charge on any atom is -0.322 e. The highest BCUT2D eigenvalue weighted by molar-refractivity contribution is 6.31. The molecule has 3 aromatic rings. The van der Waals surface area contributed by atoms with Crippen molar-refractivity contribution < 1.29 is 4.79 Å². The fraction of sp³-hybridized carbons (Fsp3) is 0.0556. The number of amides is 1. The maximum atomic E-state index is 12.3. The van der Waals surface area contributed by atoms with Crippen molar-refractivity contribution in [1.29, 1.82) is 0 Å². The van der Waals surface area contributed by atoms with Crippen LogP contribution in [0.4, 0.5) is 5.69 Å². The number of rotatable bonds is 3. The van der Waals surface area contributed by atoms with Crippen molar-refractivity contribution in [2.24, 2.45) is 0 Å². The molecule has 120 valence electrons. The lowest BCUT2D eigenvalue weighted by Gasteiger charge is -2.07. The molecule has 2 N–H and O–H groups in total. The molecule has 5 nitrogen and oxygen atoms in total. The first-order chi connectivity index (χ1) is 11.5. The van der Waals surface area contributed by atoms with Crippen molar-refractivity contribution in [3.8, 4) is 11.4 Å². The number of carbonyl (C=O) groups excluding carboxylic acids is 1. The van der Waals surface area contributed by atoms with Crippen LogP contribution in [-0.4, -0.2) is 15.9 Å². The first-order valence-electron chi connectivity index (χ1n) is 7.27. The molecule has 0 aliphatic carbocycles. The van der Waals surface area contributed by atoms with Crippen molar-refractivity contribution >= 4 is 23.2 Å². The number of aromatic nitrogens is 2. The van der Waals surface area contributed by atoms with Crippen LogP contribution in [0.1, 0.15) is 15.9 Å². The zero-order valence-corrected chi connectivity index (χ0v) is 13.6. The number of benzene rings is 2. The number of carbonyl (C=O) groups is 1. The number of nitrogens with one attached hydrogen (secondary N) is 2. The summed E-state index contributed by atoms with van der Waals surface area (Å²) in [5.74, 6) is -0.126. The highest BCUT2D eigenvalue weighted by Crippen LogP contribution is 2.20. The number of hydrogen-bond donors (Lipinski definition) is 2. The summed E-state index contributed by atoms with van der Waals surface area (Å²) >= 11 is 6.03. The summed E-state index contributed by atoms with van der Waals surface area (Å²) in [6.07, 6.45) is 1.27. The average Bonchev–Trinajstić information content (AvgIpc) is 2.59. The second kappa shape index (κ2) is 6.68. The van der Waals surface area contributed by atoms with Crippen LogP contribution in [0.15, 0.2) is 59.5 Å². The fourth-order valence-electron chi connectivity index (χ4n) is 2.17. The first kappa shape index (κ1) is 16.0. The fourth-order valence-corrected chi connectivity index (χ4v) is 2.35. The Morgan fingerprint density at radius 3 is 2.58 bits per heavy atom. The lowest BCUT2D eigenvalue weighted by molar-refractivity contribution is 0.102. The van der Waals surface area contributed by atoms with Crippen LogP contribution >= 0.6 is 11.6 Å². The van der Waals surface area contributed by atoms with Crippen LogP contribution in [0, 0.1) is 6.92 Å². The van der Waals surface area contributed by atoms with E-state index >= 15 is 0 Å². The van der Waals surface area contributed by atoms with Crippen molar-refractivity contribution in [1.82, 2.24) is 9.97 Å². The highest BCUT2D eigenvalue weighted by Gasteiger charge is 2.13. The number of aryl methyl sites for hydroxylation is 1. The van der Waals surface area contributed by atoms with Gasteiger partial charge in [0, 0.05) is 22.5 Å². The Hall–Kier alpha value is -2.92. The quantitative estimate of drug-likeness (QED) is 0.764. The zero-order valence-electron chi connectivity index (χ0n) is 12.8. The molecule has 0 aliphatic heterocycles. The minimum atomic E-state index is -0.539. The van der Waals surface area contributed by atoms with E-state index in [-0.39, 0.29) is 5.56 Å². The van der Waals surface area contributed by atoms with Crippen LogP contribution in [0.3, 0.4) is 0 Å². The summed E-state index contributed by atoms with van der Waals surface area (Å²) in [6.45, 7) is 1.87. The van der Waals surface area contributed by atoms with E-state index in [0.29, 0.717) is 16.5 Å². The summed E-state index contributed by atoms with van der Waals surface area (Å²) in [5.41, 5.74) is 1.63. The van der Waals surface area contributed by atoms with Gasteiger partial charge in [-0.3, -0.25) is 9.59 Å². The van der Waals surface area contributed by atoms with Crippen LogP contribution in [-0.2, 0) is 0 Å². The van der Waals surface area contributed by atoms with Gasteiger partial charge in [-0.15, -0.1) is 0 Å². The molecule has 0 saturated carbocycles. The molecular weight excluding hydrogens is 326 g/mol. The van der Waals surface area contributed by atoms with Crippen LogP contribution in [0.2, 0.25) is 5.02 Å². The molecule has 1 heterocycles. The zero-order chi connectivity index (χ0) is 17.1. The normalized spacial score (nSPS) is 10.4. The third-order valence-corrected chi connectivity index (χ3v) is 3.93. The SMILES string of the molecule is Cc1ccc(NC(=O)c2cnc(-c3ccccc3)[nH]c2=O)cc1Cl. The number of nitrogens with zero attached hydrogens (tertiary/aromatic N) is 1. The van der Waals surface area contributed by atoms with Gasteiger partial charge in [-0.2, -0.15) is 0 Å². The van der Waals surface area contributed by atoms with Gasteiger partial charge < -0.3 is 10.3 Å². The van der Waals surface area contributed by atoms with Crippen molar-refractivity contribution in [3.63, 3.8) is 0 Å². The first-order valence-corrected chi connectivity index (χ1v) is 7.64. The number of halogens is 1. The maximum absolute atomic E-state index is 12.3. The number of H-pyrrole nitrogens is 1. The molecule has 1 amide bonds. The lowest BCUT2D eigenvalue weighted by Crippen LogP contribution is -2.24. The van der Waals surface area contributed by atoms with Gasteiger partial charge in [0.05, 0.1) is 0 Å². The molecule has 0 fully saturated rings. The average molecular weight is 340 g/mol. The summed E-state index contributed by atoms with van der Waals surface area (Å²) in [7, 11) is 0. The van der Waals surface area contributed by atoms with E-state index in [1.165, 1.54) is 6.20 Å². The molecular formula is C18H14ClN3O2. The molecule has 24 heavy (non-hydrogen) atoms. The van der Waals surface area contributed by atoms with E-state index in [0.717, 1.165) is 11.1 Å². The Bertz CT molecular complexity index is 952. The maximum Gasteiger partial charge on any atom is 0.264 e. The Morgan fingerprint density at radius 2 is 1.92 bits per heavy atom. The molecule has 1 aromatic heterocycles. The molecule has 0 unspecified atom stereocenters. The summed E-state index contributed by atoms with van der Waals surface area (Å²) in [4.78, 5) is 31.2. The van der Waals surface area contributed by atoms with E-state index < -0.39 is 11.5 Å². The van der Waals surface area contributed by atoms with Gasteiger partial charge in [0.1, 0.15) is 11.4 Å². The lowest BCUT2D eigenvalue weighted by atomic mass is 10.2. The third-order valence-electron chi connectivity index (χ3n) is 3.52. The molecule has 6 heteroatoms. The molecule has 0 bridgehead atoms. The molecule has 0 aliphatic rings. The predicted octanol–water partition coefficient (Wildman–Crippen LogP) is 3.65. The number of anilines is 1. The monoisotopic (exact) mass is 339 g/mol. The third kappa shape index (κ3) is 3.36. The second-order valence-electron chi connectivity index (χ2n) is 5.26. The minimum absolute atomic E-state index is 0.0635. The molecule has 2 aromatic carbocycles. The van der Waals surface area contributed by atoms with E-state index in [9.17, 15) is 9.59 Å². The van der Waals surface area contributed by atoms with Gasteiger partial charge in [-0.1, -0.05) is 48.0 Å². The van der Waals surface area contributed by atoms with E-state index in [1.54, 1.807) is 18.2 Å². The Kier molecular flexibility index (Phi) is 4.44. The molecule has 0 atom stereocenters. The second-order valence-corrected chi connectivity index (χ2v) is 5.67. The van der Waals surface area contributed by atoms with Crippen molar-refractivity contribution in [2.45, 2.75) is 6.92 Å². The standard InChI is InChI=1S/C18H14ClN3O2/c1-11-7-8-13(9-15(11)19)21-17(23)14-10-20-16(22-18(14)24)12-5-3-2-4-6-12/h2-10H,1H3,(H,21,23)(H,20,22,24). The van der Waals surface area contributed by atoms with Gasteiger partial charge in [0.25, 0.3) is 11.5 Å². The summed E-state index contributed by atoms with van der Waals surface area (Å²) in [5, 5.41) is 3.18. The number of aromatic amines is 1. The molecule has 3 rings (SSSR count). The predicted molar refractivity (Wildman–Crippen MR) is 94.4 cm³/mol. The molecule has 0 radical (unpaired) electrons. The van der Waals surface area contributed by atoms with Gasteiger partial charge in [-0.25, -0.2) is 4.98 Å². The largest absolute Gasteiger partial charge is 0.322 e. The van der Waals surface area contributed by atoms with Gasteiger partial charge in [-0.05, 0) is 24.6 Å². The topological polar surface area (TPSA) is 74.8 Å². The molecule has 0 saturated heterocycles. The van der Waals surface area contributed by atoms with E-state index in [2.05, 4.69) is 15.3 Å². The summed E-state index contributed by atoms with van der Waals surface area (Å²) in [6, 6.07) is 14.4. The number of hydrogen-bond acceptors (Lipinski definition) is 3. The van der Waals surface area contributed by atoms with Crippen molar-refractivity contribution in [3.05, 3.63) is 81.2 Å². The van der Waals surface area contributed by atoms with Crippen LogP contribution < -0.4 is 10.9 Å². The van der Waals surface area contributed by atoms with E-state index in [4.69, 9.17) is 11.6 Å². The van der Waals surface area contributed by atoms with Crippen molar-refractivity contribution in [2.75, 3.05) is 5.32 Å². The van der Waals surface area contributed by atoms with Crippen LogP contribution in [0.25, 0.3) is 11.4 Å². The smallest absolute Gasteiger partial charge is 0.264 e. The summed E-state index contributed by atoms with van der Waals surface area (Å²) < 4.78 is 0. The highest BCUT2D eigenvalue weighted by atomic mass is 35.5. The van der Waals surface area contributed by atoms with Gasteiger partial charge in [0.2, 0.25) is 0 Å².